The molecule has 0 spiro atoms. The van der Waals surface area contributed by atoms with Crippen LogP contribution in [-0.4, -0.2) is 22.7 Å². The molecule has 0 aliphatic carbocycles. The summed E-state index contributed by atoms with van der Waals surface area (Å²) in [6, 6.07) is 3.34. The van der Waals surface area contributed by atoms with Crippen molar-refractivity contribution in [2.45, 2.75) is 32.0 Å². The average Bonchev–Trinajstić information content (AvgIpc) is 2.34. The number of para-hydroxylation sites is 1. The van der Waals surface area contributed by atoms with Crippen molar-refractivity contribution in [1.29, 1.82) is 0 Å². The molecule has 1 aromatic carbocycles. The van der Waals surface area contributed by atoms with Crippen LogP contribution in [0.4, 0.5) is 18.9 Å². The molecule has 0 aliphatic heterocycles. The Kier molecular flexibility index (Phi) is 5.52. The monoisotopic (exact) mass is 291 g/mol. The number of aliphatic hydroxyl groups is 2. The maximum absolute atomic E-state index is 12.9. The first kappa shape index (κ1) is 16.5. The second kappa shape index (κ2) is 6.71. The van der Waals surface area contributed by atoms with Gasteiger partial charge in [-0.05, 0) is 18.9 Å². The van der Waals surface area contributed by atoms with E-state index in [0.29, 0.717) is 0 Å². The van der Waals surface area contributed by atoms with Crippen molar-refractivity contribution in [3.8, 4) is 0 Å². The summed E-state index contributed by atoms with van der Waals surface area (Å²) in [4.78, 5) is 11.1. The second-order valence-corrected chi connectivity index (χ2v) is 4.33. The Morgan fingerprint density at radius 2 is 2.05 bits per heavy atom. The number of nitrogens with one attached hydrogen (secondary N) is 1. The summed E-state index contributed by atoms with van der Waals surface area (Å²) < 4.78 is 38.8. The van der Waals surface area contributed by atoms with Crippen molar-refractivity contribution in [3.63, 3.8) is 0 Å². The molecule has 1 unspecified atom stereocenters. The van der Waals surface area contributed by atoms with Gasteiger partial charge in [-0.15, -0.1) is 0 Å². The smallest absolute Gasteiger partial charge is 0.396 e. The lowest BCUT2D eigenvalue weighted by Gasteiger charge is -2.20. The fraction of sp³-hybridized carbons (Fsp3) is 0.462. The molecule has 4 nitrogen and oxygen atoms in total. The first-order valence-electron chi connectivity index (χ1n) is 6.04. The van der Waals surface area contributed by atoms with Gasteiger partial charge in [-0.3, -0.25) is 4.79 Å². The highest BCUT2D eigenvalue weighted by molar-refractivity contribution is 5.90. The van der Waals surface area contributed by atoms with Gasteiger partial charge < -0.3 is 15.5 Å². The normalized spacial score (nSPS) is 13.1. The molecule has 1 rings (SSSR count). The van der Waals surface area contributed by atoms with Gasteiger partial charge in [0, 0.05) is 19.1 Å². The fourth-order valence-corrected chi connectivity index (χ4v) is 1.84. The van der Waals surface area contributed by atoms with Gasteiger partial charge >= 0.3 is 6.18 Å². The van der Waals surface area contributed by atoms with E-state index in [0.717, 1.165) is 13.0 Å². The Bertz CT molecular complexity index is 474. The van der Waals surface area contributed by atoms with Gasteiger partial charge in [0.2, 0.25) is 5.91 Å². The lowest BCUT2D eigenvalue weighted by atomic mass is 9.99. The Balaban J connectivity index is 3.25. The topological polar surface area (TPSA) is 69.6 Å². The Morgan fingerprint density at radius 1 is 1.40 bits per heavy atom. The lowest BCUT2D eigenvalue weighted by molar-refractivity contribution is -0.137. The quantitative estimate of drug-likeness (QED) is 0.780. The fourth-order valence-electron chi connectivity index (χ4n) is 1.84. The second-order valence-electron chi connectivity index (χ2n) is 4.33. The van der Waals surface area contributed by atoms with Crippen molar-refractivity contribution < 1.29 is 28.2 Å². The zero-order valence-corrected chi connectivity index (χ0v) is 10.9. The average molecular weight is 291 g/mol. The van der Waals surface area contributed by atoms with E-state index in [1.807, 2.05) is 0 Å². The molecule has 1 atom stereocenters. The summed E-state index contributed by atoms with van der Waals surface area (Å²) in [6.45, 7) is 0.919. The van der Waals surface area contributed by atoms with Gasteiger partial charge in [-0.1, -0.05) is 12.1 Å². The first-order chi connectivity index (χ1) is 9.27. The number of halogens is 3. The summed E-state index contributed by atoms with van der Waals surface area (Å²) in [5, 5.41) is 20.7. The summed E-state index contributed by atoms with van der Waals surface area (Å²) in [5.41, 5.74) is -1.45. The number of amides is 1. The van der Waals surface area contributed by atoms with Gasteiger partial charge in [-0.25, -0.2) is 0 Å². The molecule has 1 amide bonds. The third-order valence-corrected chi connectivity index (χ3v) is 2.70. The summed E-state index contributed by atoms with van der Waals surface area (Å²) in [5.74, 6) is -0.655. The van der Waals surface area contributed by atoms with Crippen LogP contribution in [0.2, 0.25) is 0 Å². The van der Waals surface area contributed by atoms with Crippen LogP contribution >= 0.6 is 0 Å². The molecule has 7 heteroatoms. The van der Waals surface area contributed by atoms with E-state index < -0.39 is 29.4 Å². The van der Waals surface area contributed by atoms with E-state index >= 15 is 0 Å². The highest BCUT2D eigenvalue weighted by atomic mass is 19.4. The number of hydrogen-bond acceptors (Lipinski definition) is 3. The molecular weight excluding hydrogens is 275 g/mol. The first-order valence-corrected chi connectivity index (χ1v) is 6.04. The van der Waals surface area contributed by atoms with Crippen LogP contribution < -0.4 is 5.32 Å². The third kappa shape index (κ3) is 4.21. The maximum Gasteiger partial charge on any atom is 0.418 e. The van der Waals surface area contributed by atoms with Crippen LogP contribution in [-0.2, 0) is 11.0 Å². The van der Waals surface area contributed by atoms with Crippen LogP contribution in [0.1, 0.15) is 37.0 Å². The molecule has 112 valence electrons. The highest BCUT2D eigenvalue weighted by Gasteiger charge is 2.35. The SMILES string of the molecule is CC(=O)Nc1c(C(O)CCCO)cccc1C(F)(F)F. The minimum absolute atomic E-state index is 0.0107. The van der Waals surface area contributed by atoms with Crippen LogP contribution in [0.3, 0.4) is 0 Å². The van der Waals surface area contributed by atoms with Crippen LogP contribution in [0, 0.1) is 0 Å². The molecule has 3 N–H and O–H groups in total. The number of aliphatic hydroxyl groups excluding tert-OH is 2. The molecule has 0 aromatic heterocycles. The van der Waals surface area contributed by atoms with Crippen LogP contribution in [0.15, 0.2) is 18.2 Å². The summed E-state index contributed by atoms with van der Waals surface area (Å²) >= 11 is 0. The standard InChI is InChI=1S/C13H16F3NO3/c1-8(19)17-12-9(11(20)6-3-7-18)4-2-5-10(12)13(14,15)16/h2,4-5,11,18,20H,3,6-7H2,1H3,(H,17,19). The summed E-state index contributed by atoms with van der Waals surface area (Å²) in [6.07, 6.45) is -5.47. The van der Waals surface area contributed by atoms with Gasteiger partial charge in [0.15, 0.2) is 0 Å². The van der Waals surface area contributed by atoms with Crippen molar-refractivity contribution >= 4 is 11.6 Å². The zero-order chi connectivity index (χ0) is 15.3. The van der Waals surface area contributed by atoms with E-state index in [2.05, 4.69) is 5.32 Å². The van der Waals surface area contributed by atoms with Crippen molar-refractivity contribution in [2.75, 3.05) is 11.9 Å². The predicted octanol–water partition coefficient (Wildman–Crippen LogP) is 2.47. The maximum atomic E-state index is 12.9. The molecule has 0 bridgehead atoms. The Labute approximate surface area is 114 Å². The summed E-state index contributed by atoms with van der Waals surface area (Å²) in [7, 11) is 0. The van der Waals surface area contributed by atoms with E-state index in [4.69, 9.17) is 5.11 Å². The number of carbonyl (C=O) groups excluding carboxylic acids is 1. The van der Waals surface area contributed by atoms with E-state index in [1.165, 1.54) is 12.1 Å². The van der Waals surface area contributed by atoms with Crippen molar-refractivity contribution in [1.82, 2.24) is 0 Å². The minimum Gasteiger partial charge on any atom is -0.396 e. The zero-order valence-electron chi connectivity index (χ0n) is 10.9. The van der Waals surface area contributed by atoms with Crippen molar-refractivity contribution in [2.24, 2.45) is 0 Å². The molecule has 0 aliphatic rings. The molecule has 20 heavy (non-hydrogen) atoms. The molecular formula is C13H16F3NO3. The molecule has 0 heterocycles. The van der Waals surface area contributed by atoms with Gasteiger partial charge in [-0.2, -0.15) is 13.2 Å². The van der Waals surface area contributed by atoms with Crippen LogP contribution in [0.5, 0.6) is 0 Å². The van der Waals surface area contributed by atoms with Crippen LogP contribution in [0.25, 0.3) is 0 Å². The molecule has 1 aromatic rings. The van der Waals surface area contributed by atoms with E-state index in [1.54, 1.807) is 0 Å². The number of alkyl halides is 3. The third-order valence-electron chi connectivity index (χ3n) is 2.70. The van der Waals surface area contributed by atoms with Gasteiger partial charge in [0.25, 0.3) is 0 Å². The minimum atomic E-state index is -4.63. The highest BCUT2D eigenvalue weighted by Crippen LogP contribution is 2.39. The van der Waals surface area contributed by atoms with E-state index in [-0.39, 0.29) is 25.0 Å². The molecule has 0 radical (unpaired) electrons. The Morgan fingerprint density at radius 3 is 2.55 bits per heavy atom. The van der Waals surface area contributed by atoms with Crippen molar-refractivity contribution in [3.05, 3.63) is 29.3 Å². The number of rotatable bonds is 5. The predicted molar refractivity (Wildman–Crippen MR) is 67.0 cm³/mol. The lowest BCUT2D eigenvalue weighted by Crippen LogP contribution is -2.17. The number of anilines is 1. The number of benzene rings is 1. The van der Waals surface area contributed by atoms with Gasteiger partial charge in [0.1, 0.15) is 0 Å². The molecule has 0 saturated carbocycles. The van der Waals surface area contributed by atoms with E-state index in [9.17, 15) is 23.1 Å². The molecule has 0 saturated heterocycles. The Hall–Kier alpha value is -1.60. The number of hydrogen-bond donors (Lipinski definition) is 3. The largest absolute Gasteiger partial charge is 0.418 e. The number of carbonyl (C=O) groups is 1. The van der Waals surface area contributed by atoms with Gasteiger partial charge in [0.05, 0.1) is 17.4 Å². The molecule has 0 fully saturated rings.